The molecule has 0 aliphatic heterocycles. The molecule has 3 aromatic rings. The number of rotatable bonds is 7. The van der Waals surface area contributed by atoms with E-state index in [4.69, 9.17) is 0 Å². The number of hydrogen-bond donors (Lipinski definition) is 2. The summed E-state index contributed by atoms with van der Waals surface area (Å²) in [7, 11) is 0. The van der Waals surface area contributed by atoms with Gasteiger partial charge in [-0.3, -0.25) is 9.59 Å². The van der Waals surface area contributed by atoms with Crippen LogP contribution in [0.25, 0.3) is 17.2 Å². The average molecular weight is 385 g/mol. The molecule has 0 heterocycles. The first-order chi connectivity index (χ1) is 14.0. The average Bonchev–Trinajstić information content (AvgIpc) is 2.73. The number of aliphatic carboxylic acids is 1. The van der Waals surface area contributed by atoms with Crippen LogP contribution in [0.2, 0.25) is 0 Å². The molecule has 0 aliphatic carbocycles. The summed E-state index contributed by atoms with van der Waals surface area (Å²) in [6.07, 6.45) is 2.98. The normalized spacial score (nSPS) is 11.9. The third-order valence-electron chi connectivity index (χ3n) is 4.62. The van der Waals surface area contributed by atoms with E-state index >= 15 is 0 Å². The van der Waals surface area contributed by atoms with Crippen molar-refractivity contribution < 1.29 is 14.7 Å². The second-order valence-electron chi connectivity index (χ2n) is 6.89. The van der Waals surface area contributed by atoms with Gasteiger partial charge in [0.25, 0.3) is 0 Å². The van der Waals surface area contributed by atoms with Gasteiger partial charge in [0, 0.05) is 6.08 Å². The van der Waals surface area contributed by atoms with Gasteiger partial charge in [-0.05, 0) is 35.3 Å². The molecule has 0 saturated heterocycles. The fourth-order valence-corrected chi connectivity index (χ4v) is 3.03. The Bertz CT molecular complexity index is 991. The number of aryl methyl sites for hydroxylation is 1. The minimum Gasteiger partial charge on any atom is -0.481 e. The van der Waals surface area contributed by atoms with Gasteiger partial charge in [0.2, 0.25) is 5.91 Å². The molecule has 4 nitrogen and oxygen atoms in total. The quantitative estimate of drug-likeness (QED) is 0.562. The Kier molecular flexibility index (Phi) is 6.59. The lowest BCUT2D eigenvalue weighted by Gasteiger charge is -2.16. The summed E-state index contributed by atoms with van der Waals surface area (Å²) in [5, 5.41) is 12.0. The van der Waals surface area contributed by atoms with Crippen molar-refractivity contribution in [3.63, 3.8) is 0 Å². The number of benzene rings is 3. The Balaban J connectivity index is 1.66. The molecule has 3 aromatic carbocycles. The third-order valence-corrected chi connectivity index (χ3v) is 4.62. The van der Waals surface area contributed by atoms with E-state index in [1.165, 1.54) is 6.08 Å². The number of amides is 1. The number of carboxylic acids is 1. The molecule has 29 heavy (non-hydrogen) atoms. The van der Waals surface area contributed by atoms with Gasteiger partial charge in [-0.15, -0.1) is 0 Å². The summed E-state index contributed by atoms with van der Waals surface area (Å²) in [4.78, 5) is 23.5. The molecule has 146 valence electrons. The molecule has 0 spiro atoms. The Hall–Kier alpha value is -3.66. The van der Waals surface area contributed by atoms with Gasteiger partial charge < -0.3 is 10.4 Å². The molecular weight excluding hydrogens is 362 g/mol. The van der Waals surface area contributed by atoms with Gasteiger partial charge in [0.15, 0.2) is 0 Å². The monoisotopic (exact) mass is 385 g/mol. The van der Waals surface area contributed by atoms with Crippen LogP contribution in [0.1, 0.15) is 29.2 Å². The summed E-state index contributed by atoms with van der Waals surface area (Å²) < 4.78 is 0. The molecule has 0 aromatic heterocycles. The van der Waals surface area contributed by atoms with Crippen LogP contribution in [0.5, 0.6) is 0 Å². The van der Waals surface area contributed by atoms with Gasteiger partial charge in [0.1, 0.15) is 0 Å². The molecule has 1 unspecified atom stereocenters. The van der Waals surface area contributed by atoms with Crippen molar-refractivity contribution in [1.29, 1.82) is 0 Å². The predicted octanol–water partition coefficient (Wildman–Crippen LogP) is 5.01. The second kappa shape index (κ2) is 9.51. The van der Waals surface area contributed by atoms with E-state index in [0.29, 0.717) is 0 Å². The molecule has 4 heteroatoms. The number of carbonyl (C=O) groups excluding carboxylic acids is 1. The molecule has 1 amide bonds. The summed E-state index contributed by atoms with van der Waals surface area (Å²) in [6.45, 7) is 1.96. The summed E-state index contributed by atoms with van der Waals surface area (Å²) in [6, 6.07) is 24.9. The zero-order valence-corrected chi connectivity index (χ0v) is 16.2. The van der Waals surface area contributed by atoms with Gasteiger partial charge in [-0.1, -0.05) is 84.4 Å². The van der Waals surface area contributed by atoms with Crippen molar-refractivity contribution in [2.75, 3.05) is 0 Å². The number of carboxylic acid groups (broad SMARTS) is 1. The molecule has 2 N–H and O–H groups in total. The van der Waals surface area contributed by atoms with Crippen molar-refractivity contribution in [3.05, 3.63) is 102 Å². The maximum Gasteiger partial charge on any atom is 0.305 e. The smallest absolute Gasteiger partial charge is 0.305 e. The number of carbonyl (C=O) groups is 2. The van der Waals surface area contributed by atoms with Crippen molar-refractivity contribution in [1.82, 2.24) is 5.32 Å². The van der Waals surface area contributed by atoms with Crippen molar-refractivity contribution in [2.24, 2.45) is 0 Å². The van der Waals surface area contributed by atoms with E-state index in [0.717, 1.165) is 27.8 Å². The lowest BCUT2D eigenvalue weighted by atomic mass is 10.0. The lowest BCUT2D eigenvalue weighted by molar-refractivity contribution is -0.137. The maximum atomic E-state index is 12.3. The molecule has 0 radical (unpaired) electrons. The number of nitrogens with one attached hydrogen (secondary N) is 1. The van der Waals surface area contributed by atoms with Crippen LogP contribution < -0.4 is 5.32 Å². The van der Waals surface area contributed by atoms with Gasteiger partial charge >= 0.3 is 5.97 Å². The van der Waals surface area contributed by atoms with Crippen LogP contribution in [0.4, 0.5) is 0 Å². The Labute approximate surface area is 170 Å². The van der Waals surface area contributed by atoms with Crippen LogP contribution in [0, 0.1) is 6.92 Å². The largest absolute Gasteiger partial charge is 0.481 e. The second-order valence-corrected chi connectivity index (χ2v) is 6.89. The maximum absolute atomic E-state index is 12.3. The summed E-state index contributed by atoms with van der Waals surface area (Å²) in [5.74, 6) is -1.29. The van der Waals surface area contributed by atoms with E-state index < -0.39 is 12.0 Å². The van der Waals surface area contributed by atoms with E-state index in [1.807, 2.05) is 85.8 Å². The lowest BCUT2D eigenvalue weighted by Crippen LogP contribution is -2.28. The molecule has 0 bridgehead atoms. The molecular formula is C25H23NO3. The Morgan fingerprint density at radius 3 is 2.14 bits per heavy atom. The first-order valence-corrected chi connectivity index (χ1v) is 9.44. The summed E-state index contributed by atoms with van der Waals surface area (Å²) >= 11 is 0. The first kappa shape index (κ1) is 20.1. The fraction of sp³-hybridized carbons (Fsp3) is 0.120. The zero-order valence-electron chi connectivity index (χ0n) is 16.2. The van der Waals surface area contributed by atoms with Crippen LogP contribution in [-0.4, -0.2) is 17.0 Å². The predicted molar refractivity (Wildman–Crippen MR) is 115 cm³/mol. The molecule has 3 rings (SSSR count). The highest BCUT2D eigenvalue weighted by Crippen LogP contribution is 2.20. The van der Waals surface area contributed by atoms with Crippen molar-refractivity contribution in [2.45, 2.75) is 19.4 Å². The minimum absolute atomic E-state index is 0.172. The van der Waals surface area contributed by atoms with E-state index in [2.05, 4.69) is 5.32 Å². The summed E-state index contributed by atoms with van der Waals surface area (Å²) in [5.41, 5.74) is 4.98. The minimum atomic E-state index is -0.962. The topological polar surface area (TPSA) is 66.4 Å². The van der Waals surface area contributed by atoms with Gasteiger partial charge in [-0.25, -0.2) is 0 Å². The third kappa shape index (κ3) is 5.91. The highest BCUT2D eigenvalue weighted by Gasteiger charge is 2.17. The fourth-order valence-electron chi connectivity index (χ4n) is 3.03. The standard InChI is InChI=1S/C25H23NO3/c1-18-7-12-22(13-8-18)23(17-25(28)29)26-24(27)16-11-19-9-14-21(15-10-19)20-5-3-2-4-6-20/h2-16,23H,17H2,1H3,(H,26,27)(H,28,29). The molecule has 1 atom stereocenters. The van der Waals surface area contributed by atoms with Gasteiger partial charge in [0.05, 0.1) is 12.5 Å². The van der Waals surface area contributed by atoms with Crippen molar-refractivity contribution >= 4 is 18.0 Å². The van der Waals surface area contributed by atoms with E-state index in [-0.39, 0.29) is 12.3 Å². The molecule has 0 fully saturated rings. The first-order valence-electron chi connectivity index (χ1n) is 9.44. The van der Waals surface area contributed by atoms with Crippen molar-refractivity contribution in [3.8, 4) is 11.1 Å². The number of hydrogen-bond acceptors (Lipinski definition) is 2. The Morgan fingerprint density at radius 2 is 1.52 bits per heavy atom. The van der Waals surface area contributed by atoms with E-state index in [1.54, 1.807) is 6.08 Å². The van der Waals surface area contributed by atoms with Crippen LogP contribution in [0.15, 0.2) is 84.9 Å². The molecule has 0 saturated carbocycles. The highest BCUT2D eigenvalue weighted by atomic mass is 16.4. The molecule has 0 aliphatic rings. The van der Waals surface area contributed by atoms with Crippen LogP contribution >= 0.6 is 0 Å². The van der Waals surface area contributed by atoms with Crippen LogP contribution in [0.3, 0.4) is 0 Å². The SMILES string of the molecule is Cc1ccc(C(CC(=O)O)NC(=O)C=Cc2ccc(-c3ccccc3)cc2)cc1. The van der Waals surface area contributed by atoms with E-state index in [9.17, 15) is 14.7 Å². The highest BCUT2D eigenvalue weighted by molar-refractivity contribution is 5.92. The zero-order chi connectivity index (χ0) is 20.6. The van der Waals surface area contributed by atoms with Crippen LogP contribution in [-0.2, 0) is 9.59 Å². The van der Waals surface area contributed by atoms with Gasteiger partial charge in [-0.2, -0.15) is 0 Å². The Morgan fingerprint density at radius 1 is 0.897 bits per heavy atom.